The molecule has 0 unspecified atom stereocenters. The maximum absolute atomic E-state index is 13.2. The third-order valence-electron chi connectivity index (χ3n) is 3.25. The maximum Gasteiger partial charge on any atom is 0.411 e. The standard InChI is InChI=1S/C14H18F4O3/c15-12-4-1-3-11(7-12)13(8-19,9-20)5-2-6-21-10-14(16,17)18/h1,3-4,7,19-20H,2,5-6,8-10H2. The van der Waals surface area contributed by atoms with E-state index >= 15 is 0 Å². The molecule has 1 rings (SSSR count). The van der Waals surface area contributed by atoms with Crippen molar-refractivity contribution in [2.24, 2.45) is 0 Å². The van der Waals surface area contributed by atoms with Crippen molar-refractivity contribution in [2.75, 3.05) is 26.4 Å². The van der Waals surface area contributed by atoms with Crippen LogP contribution in [0.25, 0.3) is 0 Å². The first-order chi connectivity index (χ1) is 9.83. The summed E-state index contributed by atoms with van der Waals surface area (Å²) < 4.78 is 53.4. The first-order valence-corrected chi connectivity index (χ1v) is 6.45. The third kappa shape index (κ3) is 5.61. The molecule has 0 atom stereocenters. The number of halogens is 4. The van der Waals surface area contributed by atoms with Crippen molar-refractivity contribution in [3.05, 3.63) is 35.6 Å². The van der Waals surface area contributed by atoms with Gasteiger partial charge in [0, 0.05) is 12.0 Å². The Labute approximate surface area is 120 Å². The Morgan fingerprint density at radius 2 is 1.76 bits per heavy atom. The van der Waals surface area contributed by atoms with Gasteiger partial charge in [0.1, 0.15) is 12.4 Å². The number of benzene rings is 1. The summed E-state index contributed by atoms with van der Waals surface area (Å²) in [4.78, 5) is 0. The minimum Gasteiger partial charge on any atom is -0.395 e. The van der Waals surface area contributed by atoms with E-state index in [1.165, 1.54) is 18.2 Å². The molecule has 21 heavy (non-hydrogen) atoms. The van der Waals surface area contributed by atoms with Crippen LogP contribution in [0.3, 0.4) is 0 Å². The second-order valence-electron chi connectivity index (χ2n) is 4.88. The molecule has 0 bridgehead atoms. The van der Waals surface area contributed by atoms with E-state index in [2.05, 4.69) is 4.74 Å². The fourth-order valence-electron chi connectivity index (χ4n) is 2.05. The molecule has 0 heterocycles. The number of aliphatic hydroxyl groups excluding tert-OH is 2. The molecule has 120 valence electrons. The molecule has 0 fully saturated rings. The second kappa shape index (κ2) is 7.72. The number of ether oxygens (including phenoxy) is 1. The van der Waals surface area contributed by atoms with Crippen LogP contribution in [0.4, 0.5) is 17.6 Å². The van der Waals surface area contributed by atoms with Crippen molar-refractivity contribution < 1.29 is 32.5 Å². The molecular formula is C14H18F4O3. The van der Waals surface area contributed by atoms with Gasteiger partial charge in [0.05, 0.1) is 13.2 Å². The fourth-order valence-corrected chi connectivity index (χ4v) is 2.05. The average molecular weight is 310 g/mol. The van der Waals surface area contributed by atoms with Gasteiger partial charge in [-0.15, -0.1) is 0 Å². The Morgan fingerprint density at radius 3 is 2.29 bits per heavy atom. The molecule has 0 aliphatic rings. The average Bonchev–Trinajstić information content (AvgIpc) is 2.42. The molecule has 1 aromatic carbocycles. The van der Waals surface area contributed by atoms with Crippen LogP contribution in [-0.4, -0.2) is 42.8 Å². The number of aliphatic hydroxyl groups is 2. The highest BCUT2D eigenvalue weighted by Crippen LogP contribution is 2.29. The Balaban J connectivity index is 2.61. The van der Waals surface area contributed by atoms with Crippen LogP contribution in [0, 0.1) is 5.82 Å². The Kier molecular flexibility index (Phi) is 6.57. The Morgan fingerprint density at radius 1 is 1.10 bits per heavy atom. The van der Waals surface area contributed by atoms with Crippen LogP contribution < -0.4 is 0 Å². The van der Waals surface area contributed by atoms with Crippen LogP contribution in [0.2, 0.25) is 0 Å². The van der Waals surface area contributed by atoms with Crippen molar-refractivity contribution in [1.29, 1.82) is 0 Å². The lowest BCUT2D eigenvalue weighted by Crippen LogP contribution is -2.35. The maximum atomic E-state index is 13.2. The van der Waals surface area contributed by atoms with Crippen LogP contribution >= 0.6 is 0 Å². The summed E-state index contributed by atoms with van der Waals surface area (Å²) in [5.74, 6) is -0.507. The minimum absolute atomic E-state index is 0.156. The molecule has 1 aromatic rings. The van der Waals surface area contributed by atoms with Crippen LogP contribution in [-0.2, 0) is 10.2 Å². The molecule has 3 nitrogen and oxygen atoms in total. The molecular weight excluding hydrogens is 292 g/mol. The Hall–Kier alpha value is -1.18. The number of alkyl halides is 3. The normalized spacial score (nSPS) is 12.7. The summed E-state index contributed by atoms with van der Waals surface area (Å²) >= 11 is 0. The zero-order valence-electron chi connectivity index (χ0n) is 11.4. The van der Waals surface area contributed by atoms with E-state index in [0.717, 1.165) is 0 Å². The minimum atomic E-state index is -4.38. The van der Waals surface area contributed by atoms with Crippen molar-refractivity contribution >= 4 is 0 Å². The van der Waals surface area contributed by atoms with Gasteiger partial charge in [-0.25, -0.2) is 4.39 Å². The van der Waals surface area contributed by atoms with E-state index < -0.39 is 37.2 Å². The van der Waals surface area contributed by atoms with Gasteiger partial charge in [0.2, 0.25) is 0 Å². The zero-order chi connectivity index (χ0) is 15.9. The Bertz CT molecular complexity index is 430. The van der Waals surface area contributed by atoms with Crippen molar-refractivity contribution in [3.8, 4) is 0 Å². The molecule has 0 spiro atoms. The van der Waals surface area contributed by atoms with E-state index in [1.54, 1.807) is 6.07 Å². The van der Waals surface area contributed by atoms with Gasteiger partial charge in [-0.3, -0.25) is 0 Å². The second-order valence-corrected chi connectivity index (χ2v) is 4.88. The smallest absolute Gasteiger partial charge is 0.395 e. The molecule has 0 aliphatic heterocycles. The fraction of sp³-hybridized carbons (Fsp3) is 0.571. The van der Waals surface area contributed by atoms with Crippen molar-refractivity contribution in [2.45, 2.75) is 24.4 Å². The summed E-state index contributed by atoms with van der Waals surface area (Å²) in [6.45, 7) is -2.37. The lowest BCUT2D eigenvalue weighted by molar-refractivity contribution is -0.174. The number of hydrogen-bond acceptors (Lipinski definition) is 3. The van der Waals surface area contributed by atoms with E-state index in [0.29, 0.717) is 5.56 Å². The number of hydrogen-bond donors (Lipinski definition) is 2. The number of rotatable bonds is 8. The molecule has 0 saturated carbocycles. The molecule has 7 heteroatoms. The summed E-state index contributed by atoms with van der Waals surface area (Å²) in [6, 6.07) is 5.44. The lowest BCUT2D eigenvalue weighted by Gasteiger charge is -2.30. The predicted molar refractivity (Wildman–Crippen MR) is 68.4 cm³/mol. The van der Waals surface area contributed by atoms with Crippen molar-refractivity contribution in [3.63, 3.8) is 0 Å². The molecule has 2 N–H and O–H groups in total. The van der Waals surface area contributed by atoms with E-state index in [1.807, 2.05) is 0 Å². The monoisotopic (exact) mass is 310 g/mol. The van der Waals surface area contributed by atoms with Gasteiger partial charge in [0.25, 0.3) is 0 Å². The zero-order valence-corrected chi connectivity index (χ0v) is 11.4. The van der Waals surface area contributed by atoms with Gasteiger partial charge < -0.3 is 14.9 Å². The summed E-state index contributed by atoms with van der Waals surface area (Å²) in [7, 11) is 0. The van der Waals surface area contributed by atoms with Gasteiger partial charge in [-0.05, 0) is 30.5 Å². The van der Waals surface area contributed by atoms with E-state index in [4.69, 9.17) is 0 Å². The van der Waals surface area contributed by atoms with Crippen molar-refractivity contribution in [1.82, 2.24) is 0 Å². The van der Waals surface area contributed by atoms with E-state index in [9.17, 15) is 27.8 Å². The first kappa shape index (κ1) is 17.9. The van der Waals surface area contributed by atoms with Gasteiger partial charge in [-0.2, -0.15) is 13.2 Å². The molecule has 0 saturated heterocycles. The molecule has 0 amide bonds. The quantitative estimate of drug-likeness (QED) is 0.573. The van der Waals surface area contributed by atoms with Crippen LogP contribution in [0.5, 0.6) is 0 Å². The summed E-state index contributed by atoms with van der Waals surface area (Å²) in [5, 5.41) is 19.0. The molecule has 0 aromatic heterocycles. The highest BCUT2D eigenvalue weighted by Gasteiger charge is 2.31. The summed E-state index contributed by atoms with van der Waals surface area (Å²) in [6.07, 6.45) is -4.00. The predicted octanol–water partition coefficient (Wildman–Crippen LogP) is 2.41. The molecule has 0 radical (unpaired) electrons. The SMILES string of the molecule is OCC(CO)(CCCOCC(F)(F)F)c1cccc(F)c1. The largest absolute Gasteiger partial charge is 0.411 e. The highest BCUT2D eigenvalue weighted by molar-refractivity contribution is 5.26. The highest BCUT2D eigenvalue weighted by atomic mass is 19.4. The third-order valence-corrected chi connectivity index (χ3v) is 3.25. The lowest BCUT2D eigenvalue weighted by atomic mass is 9.78. The molecule has 0 aliphatic carbocycles. The van der Waals surface area contributed by atoms with Gasteiger partial charge in [-0.1, -0.05) is 12.1 Å². The van der Waals surface area contributed by atoms with Gasteiger partial charge in [0.15, 0.2) is 0 Å². The first-order valence-electron chi connectivity index (χ1n) is 6.45. The van der Waals surface area contributed by atoms with E-state index in [-0.39, 0.29) is 19.4 Å². The topological polar surface area (TPSA) is 49.7 Å². The van der Waals surface area contributed by atoms with Gasteiger partial charge >= 0.3 is 6.18 Å². The summed E-state index contributed by atoms with van der Waals surface area (Å²) in [5.41, 5.74) is -0.688. The van der Waals surface area contributed by atoms with Crippen LogP contribution in [0.1, 0.15) is 18.4 Å². The van der Waals surface area contributed by atoms with Crippen LogP contribution in [0.15, 0.2) is 24.3 Å².